The molecule has 0 saturated carbocycles. The largest absolute Gasteiger partial charge is 0.435 e. The lowest BCUT2D eigenvalue weighted by molar-refractivity contribution is -0.144. The molecule has 32 heavy (non-hydrogen) atoms. The van der Waals surface area contributed by atoms with Crippen molar-refractivity contribution in [3.05, 3.63) is 18.0 Å². The third-order valence-corrected chi connectivity index (χ3v) is 5.37. The van der Waals surface area contributed by atoms with Crippen LogP contribution >= 0.6 is 0 Å². The third kappa shape index (κ3) is 4.47. The Balaban J connectivity index is 1.97. The van der Waals surface area contributed by atoms with Crippen LogP contribution in [0.5, 0.6) is 0 Å². The molecular formula is C19H26F3N7O3. The minimum absolute atomic E-state index is 0.0122. The SMILES string of the molecule is CNC(=O)[C@H]1CC(O)CN1C(=O)C(n1cc(-c2cc(C(F)(F)F)nn2C)nn1)C(C)(C)C. The number of aromatic nitrogens is 5. The Morgan fingerprint density at radius 2 is 1.94 bits per heavy atom. The maximum Gasteiger partial charge on any atom is 0.435 e. The Hall–Kier alpha value is -2.96. The van der Waals surface area contributed by atoms with Crippen LogP contribution < -0.4 is 5.32 Å². The number of amides is 2. The molecule has 1 aliphatic heterocycles. The van der Waals surface area contributed by atoms with E-state index in [1.807, 2.05) is 0 Å². The molecule has 2 aromatic rings. The molecule has 3 atom stereocenters. The van der Waals surface area contributed by atoms with E-state index < -0.39 is 47.3 Å². The van der Waals surface area contributed by atoms with Crippen molar-refractivity contribution in [2.24, 2.45) is 12.5 Å². The molecule has 2 N–H and O–H groups in total. The molecule has 1 aliphatic rings. The normalized spacial score (nSPS) is 20.5. The highest BCUT2D eigenvalue weighted by molar-refractivity contribution is 5.90. The van der Waals surface area contributed by atoms with E-state index in [-0.39, 0.29) is 24.4 Å². The smallest absolute Gasteiger partial charge is 0.391 e. The zero-order valence-electron chi connectivity index (χ0n) is 18.4. The Bertz CT molecular complexity index is 1010. The molecule has 1 fully saturated rings. The Morgan fingerprint density at radius 3 is 2.47 bits per heavy atom. The highest BCUT2D eigenvalue weighted by Crippen LogP contribution is 2.35. The fraction of sp³-hybridized carbons (Fsp3) is 0.632. The van der Waals surface area contributed by atoms with Crippen LogP contribution in [0, 0.1) is 5.41 Å². The fourth-order valence-electron chi connectivity index (χ4n) is 3.88. The first kappa shape index (κ1) is 23.7. The number of aryl methyl sites for hydroxylation is 1. The number of aliphatic hydroxyl groups is 1. The van der Waals surface area contributed by atoms with Gasteiger partial charge in [-0.05, 0) is 11.5 Å². The minimum atomic E-state index is -4.61. The summed E-state index contributed by atoms with van der Waals surface area (Å²) in [5.74, 6) is -0.837. The van der Waals surface area contributed by atoms with Crippen molar-refractivity contribution in [2.75, 3.05) is 13.6 Å². The summed E-state index contributed by atoms with van der Waals surface area (Å²) in [5, 5.41) is 24.0. The maximum atomic E-state index is 13.5. The molecule has 176 valence electrons. The lowest BCUT2D eigenvalue weighted by Gasteiger charge is -2.34. The number of hydrogen-bond donors (Lipinski definition) is 2. The molecule has 2 amide bonds. The minimum Gasteiger partial charge on any atom is -0.391 e. The molecule has 3 heterocycles. The fourth-order valence-corrected chi connectivity index (χ4v) is 3.88. The standard InChI is InChI=1S/C19H26F3N7O3/c1-18(2,3)15(17(32)28-8-10(30)6-13(28)16(31)23-4)29-9-11(24-26-29)12-7-14(19(20,21)22)25-27(12)5/h7,9-10,13,15,30H,6,8H2,1-5H3,(H,23,31)/t10?,13-,15?/m1/s1. The second-order valence-corrected chi connectivity index (χ2v) is 8.90. The second-order valence-electron chi connectivity index (χ2n) is 8.90. The molecule has 13 heteroatoms. The van der Waals surface area contributed by atoms with E-state index in [0.717, 1.165) is 10.7 Å². The van der Waals surface area contributed by atoms with Gasteiger partial charge in [0.15, 0.2) is 5.69 Å². The van der Waals surface area contributed by atoms with Crippen molar-refractivity contribution in [1.29, 1.82) is 0 Å². The summed E-state index contributed by atoms with van der Waals surface area (Å²) in [7, 11) is 2.80. The zero-order chi connectivity index (χ0) is 24.0. The predicted molar refractivity (Wildman–Crippen MR) is 106 cm³/mol. The van der Waals surface area contributed by atoms with Crippen LogP contribution in [0.1, 0.15) is 38.9 Å². The van der Waals surface area contributed by atoms with E-state index >= 15 is 0 Å². The summed E-state index contributed by atoms with van der Waals surface area (Å²) in [6.07, 6.45) is -3.96. The van der Waals surface area contributed by atoms with Crippen LogP contribution in [0.2, 0.25) is 0 Å². The van der Waals surface area contributed by atoms with Gasteiger partial charge in [0.1, 0.15) is 17.8 Å². The van der Waals surface area contributed by atoms with E-state index in [1.54, 1.807) is 20.8 Å². The van der Waals surface area contributed by atoms with Gasteiger partial charge in [0.25, 0.3) is 0 Å². The number of β-amino-alcohol motifs (C(OH)–C–C–N with tert-alkyl or cyclic N) is 1. The quantitative estimate of drug-likeness (QED) is 0.707. The highest BCUT2D eigenvalue weighted by atomic mass is 19.4. The van der Waals surface area contributed by atoms with Crippen molar-refractivity contribution in [3.63, 3.8) is 0 Å². The van der Waals surface area contributed by atoms with Crippen molar-refractivity contribution >= 4 is 11.8 Å². The Morgan fingerprint density at radius 1 is 1.28 bits per heavy atom. The van der Waals surface area contributed by atoms with E-state index in [1.165, 1.54) is 29.9 Å². The van der Waals surface area contributed by atoms with Crippen molar-refractivity contribution in [1.82, 2.24) is 35.0 Å². The number of carbonyl (C=O) groups is 2. The number of alkyl halides is 3. The monoisotopic (exact) mass is 457 g/mol. The van der Waals surface area contributed by atoms with Gasteiger partial charge in [0.05, 0.1) is 18.0 Å². The van der Waals surface area contributed by atoms with Gasteiger partial charge >= 0.3 is 6.18 Å². The van der Waals surface area contributed by atoms with Gasteiger partial charge in [-0.15, -0.1) is 5.10 Å². The molecule has 3 rings (SSSR count). The molecule has 0 spiro atoms. The molecular weight excluding hydrogens is 431 g/mol. The van der Waals surface area contributed by atoms with Gasteiger partial charge in [-0.3, -0.25) is 14.3 Å². The molecule has 0 radical (unpaired) electrons. The van der Waals surface area contributed by atoms with Crippen LogP contribution in [-0.2, 0) is 22.8 Å². The van der Waals surface area contributed by atoms with Crippen molar-refractivity contribution < 1.29 is 27.9 Å². The Kier molecular flexibility index (Phi) is 6.06. The van der Waals surface area contributed by atoms with Gasteiger partial charge in [-0.2, -0.15) is 18.3 Å². The molecule has 1 saturated heterocycles. The van der Waals surface area contributed by atoms with Gasteiger partial charge in [0.2, 0.25) is 11.8 Å². The number of rotatable bonds is 4. The average Bonchev–Trinajstić information content (AvgIpc) is 3.37. The molecule has 0 aliphatic carbocycles. The van der Waals surface area contributed by atoms with Gasteiger partial charge in [-0.1, -0.05) is 26.0 Å². The van der Waals surface area contributed by atoms with Crippen LogP contribution in [0.4, 0.5) is 13.2 Å². The predicted octanol–water partition coefficient (Wildman–Crippen LogP) is 0.992. The van der Waals surface area contributed by atoms with Gasteiger partial charge in [0, 0.05) is 27.1 Å². The lowest BCUT2D eigenvalue weighted by Crippen LogP contribution is -2.49. The summed E-state index contributed by atoms with van der Waals surface area (Å²) in [4.78, 5) is 27.0. The number of nitrogens with zero attached hydrogens (tertiary/aromatic N) is 6. The molecule has 10 nitrogen and oxygen atoms in total. The summed E-state index contributed by atoms with van der Waals surface area (Å²) in [6, 6.07) is -0.890. The van der Waals surface area contributed by atoms with Crippen molar-refractivity contribution in [2.45, 2.75) is 51.6 Å². The topological polar surface area (TPSA) is 118 Å². The summed E-state index contributed by atoms with van der Waals surface area (Å²) >= 11 is 0. The first-order chi connectivity index (χ1) is 14.7. The number of likely N-dealkylation sites (N-methyl/N-ethyl adjacent to an activating group) is 1. The molecule has 0 bridgehead atoms. The van der Waals surface area contributed by atoms with Gasteiger partial charge < -0.3 is 15.3 Å². The van der Waals surface area contributed by atoms with E-state index in [4.69, 9.17) is 0 Å². The number of carbonyl (C=O) groups excluding carboxylic acids is 2. The van der Waals surface area contributed by atoms with Crippen LogP contribution in [0.25, 0.3) is 11.4 Å². The first-order valence-corrected chi connectivity index (χ1v) is 9.97. The summed E-state index contributed by atoms with van der Waals surface area (Å²) in [5.41, 5.74) is -1.55. The molecule has 2 aromatic heterocycles. The maximum absolute atomic E-state index is 13.5. The van der Waals surface area contributed by atoms with Crippen LogP contribution in [0.15, 0.2) is 12.3 Å². The number of aliphatic hydroxyl groups excluding tert-OH is 1. The number of halogens is 3. The van der Waals surface area contributed by atoms with E-state index in [2.05, 4.69) is 20.7 Å². The second kappa shape index (κ2) is 8.19. The van der Waals surface area contributed by atoms with Gasteiger partial charge in [-0.25, -0.2) is 4.68 Å². The Labute approximate surface area is 182 Å². The number of hydrogen-bond acceptors (Lipinski definition) is 6. The first-order valence-electron chi connectivity index (χ1n) is 9.97. The molecule has 2 unspecified atom stereocenters. The summed E-state index contributed by atoms with van der Waals surface area (Å²) in [6.45, 7) is 5.38. The average molecular weight is 457 g/mol. The van der Waals surface area contributed by atoms with E-state index in [9.17, 15) is 27.9 Å². The third-order valence-electron chi connectivity index (χ3n) is 5.37. The van der Waals surface area contributed by atoms with E-state index in [0.29, 0.717) is 0 Å². The number of nitrogens with one attached hydrogen (secondary N) is 1. The van der Waals surface area contributed by atoms with Crippen LogP contribution in [0.3, 0.4) is 0 Å². The highest BCUT2D eigenvalue weighted by Gasteiger charge is 2.45. The summed E-state index contributed by atoms with van der Waals surface area (Å²) < 4.78 is 41.3. The lowest BCUT2D eigenvalue weighted by atomic mass is 9.85. The van der Waals surface area contributed by atoms with Crippen LogP contribution in [-0.4, -0.2) is 72.3 Å². The number of likely N-dealkylation sites (tertiary alicyclic amines) is 1. The molecule has 0 aromatic carbocycles. The van der Waals surface area contributed by atoms with Crippen molar-refractivity contribution in [3.8, 4) is 11.4 Å². The zero-order valence-corrected chi connectivity index (χ0v) is 18.4.